The summed E-state index contributed by atoms with van der Waals surface area (Å²) >= 11 is 0. The maximum absolute atomic E-state index is 12.6. The van der Waals surface area contributed by atoms with Crippen molar-refractivity contribution in [3.8, 4) is 11.3 Å². The van der Waals surface area contributed by atoms with Crippen LogP contribution in [0.3, 0.4) is 0 Å². The van der Waals surface area contributed by atoms with Crippen molar-refractivity contribution in [3.05, 3.63) is 60.8 Å². The molecule has 1 saturated heterocycles. The summed E-state index contributed by atoms with van der Waals surface area (Å²) in [5.41, 5.74) is 2.94. The number of nitrogens with zero attached hydrogens (tertiary/aromatic N) is 5. The first-order valence-corrected chi connectivity index (χ1v) is 10.8. The molecule has 0 bridgehead atoms. The number of carbonyl (C=O) groups excluding carboxylic acids is 1. The zero-order chi connectivity index (χ0) is 22.3. The van der Waals surface area contributed by atoms with Crippen LogP contribution in [-0.4, -0.2) is 55.6 Å². The van der Waals surface area contributed by atoms with Crippen LogP contribution in [0.25, 0.3) is 27.8 Å². The number of aromatic nitrogens is 4. The third-order valence-electron chi connectivity index (χ3n) is 5.44. The smallest absolute Gasteiger partial charge is 0.410 e. The molecule has 1 aromatic carbocycles. The monoisotopic (exact) mass is 430 g/mol. The minimum atomic E-state index is -0.531. The quantitative estimate of drug-likeness (QED) is 0.520. The molecule has 1 N–H and O–H groups in total. The molecule has 0 radical (unpaired) electrons. The van der Waals surface area contributed by atoms with Crippen molar-refractivity contribution in [1.82, 2.24) is 29.6 Å². The van der Waals surface area contributed by atoms with Gasteiger partial charge in [0.1, 0.15) is 17.1 Å². The number of nitrogens with one attached hydrogen (secondary N) is 1. The maximum Gasteiger partial charge on any atom is 0.410 e. The third kappa shape index (κ3) is 4.01. The van der Waals surface area contributed by atoms with Crippen LogP contribution in [-0.2, 0) is 4.74 Å². The maximum atomic E-state index is 12.6. The number of fused-ring (bicyclic) bond motifs is 2. The van der Waals surface area contributed by atoms with E-state index in [0.717, 1.165) is 33.6 Å². The lowest BCUT2D eigenvalue weighted by molar-refractivity contribution is 0.0192. The summed E-state index contributed by atoms with van der Waals surface area (Å²) in [6, 6.07) is 11.9. The fraction of sp³-hybridized carbons (Fsp3) is 0.333. The van der Waals surface area contributed by atoms with Crippen molar-refractivity contribution < 1.29 is 9.53 Å². The van der Waals surface area contributed by atoms with Gasteiger partial charge in [0.05, 0.1) is 17.3 Å². The van der Waals surface area contributed by atoms with Crippen LogP contribution in [0.4, 0.5) is 4.79 Å². The van der Waals surface area contributed by atoms with Gasteiger partial charge in [-0.1, -0.05) is 18.2 Å². The van der Waals surface area contributed by atoms with Crippen molar-refractivity contribution in [2.45, 2.75) is 32.4 Å². The summed E-state index contributed by atoms with van der Waals surface area (Å²) in [4.78, 5) is 28.4. The number of ether oxygens (including phenoxy) is 1. The summed E-state index contributed by atoms with van der Waals surface area (Å²) in [5, 5.41) is 4.56. The molecule has 4 aromatic rings. The van der Waals surface area contributed by atoms with Crippen LogP contribution in [0.1, 0.15) is 32.6 Å². The van der Waals surface area contributed by atoms with E-state index < -0.39 is 5.60 Å². The van der Waals surface area contributed by atoms with Crippen LogP contribution in [0.15, 0.2) is 55.0 Å². The fourth-order valence-electron chi connectivity index (χ4n) is 3.97. The number of imidazole rings is 1. The second-order valence-electron chi connectivity index (χ2n) is 9.00. The molecule has 1 atom stereocenters. The molecule has 0 spiro atoms. The van der Waals surface area contributed by atoms with E-state index in [-0.39, 0.29) is 12.1 Å². The molecule has 3 aromatic heterocycles. The highest BCUT2D eigenvalue weighted by atomic mass is 16.6. The van der Waals surface area contributed by atoms with E-state index in [1.807, 2.05) is 67.9 Å². The van der Waals surface area contributed by atoms with E-state index in [4.69, 9.17) is 9.72 Å². The Morgan fingerprint density at radius 1 is 1.19 bits per heavy atom. The summed E-state index contributed by atoms with van der Waals surface area (Å²) in [6.45, 7) is 7.34. The van der Waals surface area contributed by atoms with Gasteiger partial charge in [0.25, 0.3) is 0 Å². The molecular formula is C24H26N6O2. The van der Waals surface area contributed by atoms with Crippen molar-refractivity contribution in [1.29, 1.82) is 0 Å². The van der Waals surface area contributed by atoms with Crippen molar-refractivity contribution >= 4 is 22.6 Å². The van der Waals surface area contributed by atoms with Crippen molar-refractivity contribution in [2.75, 3.05) is 19.6 Å². The molecule has 1 fully saturated rings. The first kappa shape index (κ1) is 20.4. The van der Waals surface area contributed by atoms with E-state index in [1.54, 1.807) is 11.1 Å². The minimum absolute atomic E-state index is 0.152. The Bertz CT molecular complexity index is 1290. The van der Waals surface area contributed by atoms with Crippen molar-refractivity contribution in [3.63, 3.8) is 0 Å². The SMILES string of the molecule is CC(C)(C)OC(=O)N1CCNC(c2nc(-c3cnc4ccccc4c3)cc3nccn23)C1. The number of carbonyl (C=O) groups is 1. The number of para-hydroxylation sites is 1. The molecule has 5 rings (SSSR count). The van der Waals surface area contributed by atoms with E-state index >= 15 is 0 Å². The minimum Gasteiger partial charge on any atom is -0.444 e. The standard InChI is InChI=1S/C24H26N6O2/c1-24(2,3)32-23(31)29-10-8-25-20(15-29)22-28-19(13-21-26-9-11-30(21)22)17-12-16-6-4-5-7-18(16)27-14-17/h4-7,9,11-14,20,25H,8,10,15H2,1-3H3. The number of piperazine rings is 1. The second kappa shape index (κ2) is 7.87. The molecular weight excluding hydrogens is 404 g/mol. The Morgan fingerprint density at radius 3 is 2.88 bits per heavy atom. The zero-order valence-corrected chi connectivity index (χ0v) is 18.4. The van der Waals surface area contributed by atoms with Gasteiger partial charge in [0.2, 0.25) is 0 Å². The Hall–Kier alpha value is -3.52. The number of hydrogen-bond acceptors (Lipinski definition) is 6. The van der Waals surface area contributed by atoms with E-state index in [9.17, 15) is 4.79 Å². The number of benzene rings is 1. The normalized spacial score (nSPS) is 17.1. The molecule has 4 heterocycles. The highest BCUT2D eigenvalue weighted by Crippen LogP contribution is 2.26. The molecule has 0 saturated carbocycles. The largest absolute Gasteiger partial charge is 0.444 e. The van der Waals surface area contributed by atoms with Gasteiger partial charge in [0, 0.05) is 55.2 Å². The average molecular weight is 431 g/mol. The Morgan fingerprint density at radius 2 is 2.03 bits per heavy atom. The molecule has 32 heavy (non-hydrogen) atoms. The van der Waals surface area contributed by atoms with Crippen molar-refractivity contribution in [2.24, 2.45) is 0 Å². The molecule has 1 unspecified atom stereocenters. The number of rotatable bonds is 2. The van der Waals surface area contributed by atoms with Gasteiger partial charge in [-0.2, -0.15) is 0 Å². The first-order valence-electron chi connectivity index (χ1n) is 10.8. The second-order valence-corrected chi connectivity index (χ2v) is 9.00. The van der Waals surface area contributed by atoms with Gasteiger partial charge >= 0.3 is 6.09 Å². The predicted molar refractivity (Wildman–Crippen MR) is 122 cm³/mol. The molecule has 8 nitrogen and oxygen atoms in total. The van der Waals surface area contributed by atoms with Gasteiger partial charge in [-0.25, -0.2) is 14.8 Å². The third-order valence-corrected chi connectivity index (χ3v) is 5.44. The Kier molecular flexibility index (Phi) is 5.01. The van der Waals surface area contributed by atoms with E-state index in [2.05, 4.69) is 21.4 Å². The van der Waals surface area contributed by atoms with Crippen LogP contribution >= 0.6 is 0 Å². The summed E-state index contributed by atoms with van der Waals surface area (Å²) in [5.74, 6) is 0.802. The van der Waals surface area contributed by atoms with E-state index in [0.29, 0.717) is 19.6 Å². The number of hydrogen-bond donors (Lipinski definition) is 1. The molecule has 1 aliphatic heterocycles. The Balaban J connectivity index is 1.51. The molecule has 1 aliphatic rings. The lowest BCUT2D eigenvalue weighted by Crippen LogP contribution is -2.50. The molecule has 8 heteroatoms. The van der Waals surface area contributed by atoms with E-state index in [1.165, 1.54) is 0 Å². The fourth-order valence-corrected chi connectivity index (χ4v) is 3.97. The lowest BCUT2D eigenvalue weighted by atomic mass is 10.1. The number of amides is 1. The number of pyridine rings is 1. The lowest BCUT2D eigenvalue weighted by Gasteiger charge is -2.34. The van der Waals surface area contributed by atoms with Crippen LogP contribution in [0.2, 0.25) is 0 Å². The molecule has 1 amide bonds. The molecule has 164 valence electrons. The zero-order valence-electron chi connectivity index (χ0n) is 18.4. The van der Waals surface area contributed by atoms with Gasteiger partial charge in [-0.3, -0.25) is 9.38 Å². The van der Waals surface area contributed by atoms with Gasteiger partial charge in [-0.15, -0.1) is 0 Å². The van der Waals surface area contributed by atoms with Crippen LogP contribution in [0.5, 0.6) is 0 Å². The topological polar surface area (TPSA) is 84.6 Å². The summed E-state index contributed by atoms with van der Waals surface area (Å²) in [7, 11) is 0. The predicted octanol–water partition coefficient (Wildman–Crippen LogP) is 3.83. The summed E-state index contributed by atoms with van der Waals surface area (Å²) < 4.78 is 7.55. The van der Waals surface area contributed by atoms with Gasteiger partial charge in [0.15, 0.2) is 0 Å². The Labute approximate surface area is 186 Å². The highest BCUT2D eigenvalue weighted by molar-refractivity contribution is 5.83. The highest BCUT2D eigenvalue weighted by Gasteiger charge is 2.30. The first-order chi connectivity index (χ1) is 15.4. The van der Waals surface area contributed by atoms with Gasteiger partial charge < -0.3 is 15.0 Å². The van der Waals surface area contributed by atoms with Crippen LogP contribution < -0.4 is 5.32 Å². The summed E-state index contributed by atoms with van der Waals surface area (Å²) in [6.07, 6.45) is 5.20. The molecule has 0 aliphatic carbocycles. The van der Waals surface area contributed by atoms with Crippen LogP contribution in [0, 0.1) is 0 Å². The van der Waals surface area contributed by atoms with Gasteiger partial charge in [-0.05, 0) is 32.9 Å². The average Bonchev–Trinajstić information content (AvgIpc) is 3.26.